The van der Waals surface area contributed by atoms with Gasteiger partial charge >= 0.3 is 5.97 Å². The minimum atomic E-state index is -0.591. The summed E-state index contributed by atoms with van der Waals surface area (Å²) in [5.74, 6) is -0.796. The van der Waals surface area contributed by atoms with Crippen molar-refractivity contribution >= 4 is 23.2 Å². The fraction of sp³-hybridized carbons (Fsp3) is 0.133. The van der Waals surface area contributed by atoms with Crippen molar-refractivity contribution in [2.24, 2.45) is 0 Å². The summed E-state index contributed by atoms with van der Waals surface area (Å²) in [7, 11) is 0. The molecule has 1 amide bonds. The van der Waals surface area contributed by atoms with Gasteiger partial charge in [-0.15, -0.1) is 4.57 Å². The Hall–Kier alpha value is -4.98. The van der Waals surface area contributed by atoms with Gasteiger partial charge in [-0.2, -0.15) is 0 Å². The van der Waals surface area contributed by atoms with E-state index in [1.165, 1.54) is 6.07 Å². The van der Waals surface area contributed by atoms with E-state index in [1.807, 2.05) is 60.7 Å². The van der Waals surface area contributed by atoms with Crippen molar-refractivity contribution in [3.8, 4) is 0 Å². The molecule has 0 saturated carbocycles. The zero-order valence-electron chi connectivity index (χ0n) is 20.9. The fourth-order valence-electron chi connectivity index (χ4n) is 4.35. The molecule has 8 nitrogen and oxygen atoms in total. The minimum absolute atomic E-state index is 0.186. The molecule has 190 valence electrons. The van der Waals surface area contributed by atoms with Gasteiger partial charge in [0.1, 0.15) is 12.4 Å². The number of carbonyl (C=O) groups excluding carboxylic acids is 2. The molecule has 8 heteroatoms. The van der Waals surface area contributed by atoms with Crippen LogP contribution in [-0.4, -0.2) is 21.4 Å². The number of benzene rings is 3. The molecule has 5 rings (SSSR count). The summed E-state index contributed by atoms with van der Waals surface area (Å²) in [4.78, 5) is 43.0. The SMILES string of the molecule is Cc1cc2nc(COC(=O)c3cccc(NC(=O)C(c4ccccc4)c4ccccc4)c3C)cc(=O)n2o1. The molecule has 0 aliphatic heterocycles. The zero-order chi connectivity index (χ0) is 26.6. The number of fused-ring (bicyclic) bond motifs is 1. The van der Waals surface area contributed by atoms with Crippen LogP contribution in [0, 0.1) is 13.8 Å². The quantitative estimate of drug-likeness (QED) is 0.310. The Kier molecular flexibility index (Phi) is 6.86. The van der Waals surface area contributed by atoms with Gasteiger partial charge in [0.15, 0.2) is 5.65 Å². The highest BCUT2D eigenvalue weighted by molar-refractivity contribution is 6.00. The highest BCUT2D eigenvalue weighted by atomic mass is 16.5. The molecular formula is C30H25N3O5. The van der Waals surface area contributed by atoms with Crippen LogP contribution >= 0.6 is 0 Å². The van der Waals surface area contributed by atoms with Crippen LogP contribution in [0.15, 0.2) is 100 Å². The summed E-state index contributed by atoms with van der Waals surface area (Å²) < 4.78 is 11.8. The molecular weight excluding hydrogens is 482 g/mol. The average Bonchev–Trinajstić information content (AvgIpc) is 3.31. The number of amides is 1. The Morgan fingerprint density at radius 3 is 2.24 bits per heavy atom. The normalized spacial score (nSPS) is 11.0. The van der Waals surface area contributed by atoms with Crippen LogP contribution in [0.25, 0.3) is 5.65 Å². The second-order valence-electron chi connectivity index (χ2n) is 8.88. The van der Waals surface area contributed by atoms with Crippen molar-refractivity contribution in [1.29, 1.82) is 0 Å². The monoisotopic (exact) mass is 507 g/mol. The summed E-state index contributed by atoms with van der Waals surface area (Å²) in [5, 5.41) is 2.99. The van der Waals surface area contributed by atoms with E-state index >= 15 is 0 Å². The van der Waals surface area contributed by atoms with Gasteiger partial charge in [-0.3, -0.25) is 9.59 Å². The smallest absolute Gasteiger partial charge is 0.338 e. The molecule has 5 aromatic rings. The molecule has 38 heavy (non-hydrogen) atoms. The van der Waals surface area contributed by atoms with Crippen LogP contribution in [0.5, 0.6) is 0 Å². The van der Waals surface area contributed by atoms with E-state index in [1.54, 1.807) is 38.1 Å². The third-order valence-corrected chi connectivity index (χ3v) is 6.21. The van der Waals surface area contributed by atoms with Crippen LogP contribution in [0.4, 0.5) is 5.69 Å². The third kappa shape index (κ3) is 5.10. The summed E-state index contributed by atoms with van der Waals surface area (Å²) in [6, 6.07) is 27.0. The highest BCUT2D eigenvalue weighted by Gasteiger charge is 2.24. The van der Waals surface area contributed by atoms with Gasteiger partial charge in [-0.25, -0.2) is 9.78 Å². The lowest BCUT2D eigenvalue weighted by molar-refractivity contribution is -0.116. The minimum Gasteiger partial charge on any atom is -0.456 e. The van der Waals surface area contributed by atoms with Crippen molar-refractivity contribution in [2.75, 3.05) is 5.32 Å². The summed E-state index contributed by atoms with van der Waals surface area (Å²) >= 11 is 0. The van der Waals surface area contributed by atoms with Gasteiger partial charge in [0.25, 0.3) is 5.56 Å². The van der Waals surface area contributed by atoms with Crippen molar-refractivity contribution in [3.05, 3.63) is 135 Å². The number of nitrogens with zero attached hydrogens (tertiary/aromatic N) is 2. The summed E-state index contributed by atoms with van der Waals surface area (Å²) in [6.45, 7) is 3.27. The maximum Gasteiger partial charge on any atom is 0.338 e. The molecule has 0 saturated heterocycles. The first-order valence-electron chi connectivity index (χ1n) is 12.1. The lowest BCUT2D eigenvalue weighted by Crippen LogP contribution is -2.23. The molecule has 0 spiro atoms. The third-order valence-electron chi connectivity index (χ3n) is 6.21. The predicted octanol–water partition coefficient (Wildman–Crippen LogP) is 5.03. The van der Waals surface area contributed by atoms with E-state index in [-0.39, 0.29) is 12.5 Å². The number of nitrogens with one attached hydrogen (secondary N) is 1. The molecule has 1 N–H and O–H groups in total. The first-order valence-corrected chi connectivity index (χ1v) is 12.1. The number of esters is 1. The first kappa shape index (κ1) is 24.7. The Morgan fingerprint density at radius 1 is 0.921 bits per heavy atom. The van der Waals surface area contributed by atoms with Gasteiger partial charge < -0.3 is 14.6 Å². The van der Waals surface area contributed by atoms with Gasteiger partial charge in [0.05, 0.1) is 17.2 Å². The number of ether oxygens (including phenoxy) is 1. The van der Waals surface area contributed by atoms with E-state index in [4.69, 9.17) is 9.26 Å². The molecule has 0 unspecified atom stereocenters. The fourth-order valence-corrected chi connectivity index (χ4v) is 4.35. The number of aromatic nitrogens is 2. The average molecular weight is 508 g/mol. The van der Waals surface area contributed by atoms with Gasteiger partial charge in [0.2, 0.25) is 5.91 Å². The molecule has 0 fully saturated rings. The molecule has 2 heterocycles. The van der Waals surface area contributed by atoms with Crippen molar-refractivity contribution < 1.29 is 18.8 Å². The van der Waals surface area contributed by atoms with E-state index in [0.29, 0.717) is 33.9 Å². The van der Waals surface area contributed by atoms with Crippen molar-refractivity contribution in [1.82, 2.24) is 9.56 Å². The van der Waals surface area contributed by atoms with E-state index in [9.17, 15) is 14.4 Å². The van der Waals surface area contributed by atoms with Crippen LogP contribution in [-0.2, 0) is 16.1 Å². The molecule has 0 aliphatic carbocycles. The van der Waals surface area contributed by atoms with Crippen molar-refractivity contribution in [3.63, 3.8) is 0 Å². The maximum atomic E-state index is 13.5. The largest absolute Gasteiger partial charge is 0.456 e. The molecule has 3 aromatic carbocycles. The van der Waals surface area contributed by atoms with Crippen LogP contribution in [0.2, 0.25) is 0 Å². The van der Waals surface area contributed by atoms with Crippen molar-refractivity contribution in [2.45, 2.75) is 26.4 Å². The molecule has 0 aliphatic rings. The van der Waals surface area contributed by atoms with Crippen LogP contribution in [0.1, 0.15) is 44.4 Å². The Balaban J connectivity index is 1.35. The standard InChI is InChI=1S/C30H25N3O5/c1-19-16-26-31-23(17-27(34)33(26)38-19)18-37-30(36)24-14-9-15-25(20(24)2)32-29(35)28(21-10-5-3-6-11-21)22-12-7-4-8-13-22/h3-17,28H,18H2,1-2H3,(H,32,35). The van der Waals surface area contributed by atoms with Gasteiger partial charge in [0, 0.05) is 17.8 Å². The number of rotatable bonds is 7. The van der Waals surface area contributed by atoms with E-state index < -0.39 is 17.4 Å². The second-order valence-corrected chi connectivity index (χ2v) is 8.88. The number of anilines is 1. The molecule has 0 radical (unpaired) electrons. The molecule has 2 aromatic heterocycles. The topological polar surface area (TPSA) is 103 Å². The lowest BCUT2D eigenvalue weighted by atomic mass is 9.90. The van der Waals surface area contributed by atoms with Gasteiger partial charge in [-0.05, 0) is 42.7 Å². The number of carbonyl (C=O) groups is 2. The zero-order valence-corrected chi connectivity index (χ0v) is 20.9. The van der Waals surface area contributed by atoms with Crippen LogP contribution in [0.3, 0.4) is 0 Å². The van der Waals surface area contributed by atoms with E-state index in [0.717, 1.165) is 15.7 Å². The van der Waals surface area contributed by atoms with Crippen LogP contribution < -0.4 is 10.9 Å². The first-order chi connectivity index (χ1) is 18.4. The maximum absolute atomic E-state index is 13.5. The number of hydrogen-bond acceptors (Lipinski definition) is 6. The number of aryl methyl sites for hydroxylation is 1. The molecule has 0 bridgehead atoms. The Bertz CT molecular complexity index is 1630. The predicted molar refractivity (Wildman–Crippen MR) is 142 cm³/mol. The Morgan fingerprint density at radius 2 is 1.58 bits per heavy atom. The molecule has 0 atom stereocenters. The Labute approximate surface area is 218 Å². The highest BCUT2D eigenvalue weighted by Crippen LogP contribution is 2.28. The summed E-state index contributed by atoms with van der Waals surface area (Å²) in [5.41, 5.74) is 3.34. The summed E-state index contributed by atoms with van der Waals surface area (Å²) in [6.07, 6.45) is 0. The lowest BCUT2D eigenvalue weighted by Gasteiger charge is -2.19. The number of hydrogen-bond donors (Lipinski definition) is 1. The van der Waals surface area contributed by atoms with E-state index in [2.05, 4.69) is 10.3 Å². The van der Waals surface area contributed by atoms with Gasteiger partial charge in [-0.1, -0.05) is 66.7 Å². The second kappa shape index (κ2) is 10.6.